The smallest absolute Gasteiger partial charge is 0.387 e. The van der Waals surface area contributed by atoms with Gasteiger partial charge < -0.3 is 14.8 Å². The summed E-state index contributed by atoms with van der Waals surface area (Å²) in [7, 11) is 1.36. The first-order chi connectivity index (χ1) is 18.3. The summed E-state index contributed by atoms with van der Waals surface area (Å²) >= 11 is 6.81. The van der Waals surface area contributed by atoms with Gasteiger partial charge in [0.25, 0.3) is 5.91 Å². The number of benzene rings is 2. The molecule has 2 amide bonds. The van der Waals surface area contributed by atoms with Gasteiger partial charge in [-0.05, 0) is 54.4 Å². The molecule has 3 aromatic rings. The van der Waals surface area contributed by atoms with E-state index < -0.39 is 12.5 Å². The van der Waals surface area contributed by atoms with Crippen LogP contribution in [0.5, 0.6) is 11.5 Å². The van der Waals surface area contributed by atoms with Gasteiger partial charge in [0.1, 0.15) is 0 Å². The van der Waals surface area contributed by atoms with Crippen molar-refractivity contribution in [2.75, 3.05) is 12.4 Å². The van der Waals surface area contributed by atoms with E-state index in [1.807, 2.05) is 6.92 Å². The SMILES string of the molecule is CCC1SC(=O)N(Cc2ccc(NC(=O)c3ccc(Cl)nn3)cc2)N=C1c1ccc(OC)c(OC(F)F)c1. The number of ether oxygens (including phenoxy) is 2. The lowest BCUT2D eigenvalue weighted by molar-refractivity contribution is -0.0512. The third kappa shape index (κ3) is 6.56. The zero-order valence-corrected chi connectivity index (χ0v) is 21.8. The summed E-state index contributed by atoms with van der Waals surface area (Å²) in [6.07, 6.45) is 0.604. The number of nitrogens with one attached hydrogen (secondary N) is 1. The summed E-state index contributed by atoms with van der Waals surface area (Å²) in [4.78, 5) is 25.1. The van der Waals surface area contributed by atoms with E-state index >= 15 is 0 Å². The summed E-state index contributed by atoms with van der Waals surface area (Å²) in [5.41, 5.74) is 2.50. The lowest BCUT2D eigenvalue weighted by Crippen LogP contribution is -2.34. The fourth-order valence-electron chi connectivity index (χ4n) is 3.62. The maximum absolute atomic E-state index is 12.9. The van der Waals surface area contributed by atoms with Crippen molar-refractivity contribution in [1.82, 2.24) is 15.2 Å². The molecule has 0 saturated heterocycles. The van der Waals surface area contributed by atoms with Crippen LogP contribution in [-0.2, 0) is 6.54 Å². The predicted molar refractivity (Wildman–Crippen MR) is 140 cm³/mol. The first-order valence-electron chi connectivity index (χ1n) is 11.4. The van der Waals surface area contributed by atoms with E-state index in [2.05, 4.69) is 25.4 Å². The van der Waals surface area contributed by atoms with Crippen molar-refractivity contribution >= 4 is 45.9 Å². The van der Waals surface area contributed by atoms with E-state index in [1.165, 1.54) is 36.4 Å². The number of hydrogen-bond donors (Lipinski definition) is 1. The molecule has 0 bridgehead atoms. The fraction of sp³-hybridized carbons (Fsp3) is 0.240. The minimum atomic E-state index is -3.02. The third-order valence-corrected chi connectivity index (χ3v) is 6.90. The second kappa shape index (κ2) is 12.2. The van der Waals surface area contributed by atoms with Gasteiger partial charge in [0.05, 0.1) is 24.6 Å². The molecular weight excluding hydrogens is 540 g/mol. The number of carbonyl (C=O) groups excluding carboxylic acids is 2. The van der Waals surface area contributed by atoms with Crippen molar-refractivity contribution in [3.63, 3.8) is 0 Å². The van der Waals surface area contributed by atoms with Gasteiger partial charge in [-0.2, -0.15) is 13.9 Å². The van der Waals surface area contributed by atoms with Crippen LogP contribution in [0.1, 0.15) is 35.0 Å². The Morgan fingerprint density at radius 2 is 1.89 bits per heavy atom. The van der Waals surface area contributed by atoms with Gasteiger partial charge in [-0.1, -0.05) is 42.4 Å². The Morgan fingerprint density at radius 1 is 1.13 bits per heavy atom. The topological polar surface area (TPSA) is 106 Å². The maximum Gasteiger partial charge on any atom is 0.387 e. The number of nitrogens with zero attached hydrogens (tertiary/aromatic N) is 4. The van der Waals surface area contributed by atoms with Crippen molar-refractivity contribution < 1.29 is 27.8 Å². The van der Waals surface area contributed by atoms with Crippen molar-refractivity contribution in [2.24, 2.45) is 5.10 Å². The molecule has 38 heavy (non-hydrogen) atoms. The summed E-state index contributed by atoms with van der Waals surface area (Å²) in [5, 5.41) is 15.7. The molecule has 1 aromatic heterocycles. The predicted octanol–water partition coefficient (Wildman–Crippen LogP) is 5.84. The van der Waals surface area contributed by atoms with Gasteiger partial charge in [0.2, 0.25) is 0 Å². The van der Waals surface area contributed by atoms with Crippen LogP contribution in [0.2, 0.25) is 5.15 Å². The van der Waals surface area contributed by atoms with Crippen LogP contribution < -0.4 is 14.8 Å². The number of rotatable bonds is 9. The molecule has 1 aliphatic heterocycles. The van der Waals surface area contributed by atoms with E-state index in [4.69, 9.17) is 16.3 Å². The highest BCUT2D eigenvalue weighted by Crippen LogP contribution is 2.34. The summed E-state index contributed by atoms with van der Waals surface area (Å²) in [6.45, 7) is -0.938. The number of amides is 2. The van der Waals surface area contributed by atoms with Crippen molar-refractivity contribution in [3.05, 3.63) is 76.6 Å². The van der Waals surface area contributed by atoms with Gasteiger partial charge in [0.15, 0.2) is 22.3 Å². The number of thioether (sulfide) groups is 1. The van der Waals surface area contributed by atoms with Gasteiger partial charge in [0, 0.05) is 11.3 Å². The minimum Gasteiger partial charge on any atom is -0.493 e. The van der Waals surface area contributed by atoms with E-state index in [-0.39, 0.29) is 39.4 Å². The van der Waals surface area contributed by atoms with Gasteiger partial charge in [-0.25, -0.2) is 5.01 Å². The van der Waals surface area contributed by atoms with E-state index in [9.17, 15) is 18.4 Å². The lowest BCUT2D eigenvalue weighted by Gasteiger charge is -2.28. The molecule has 1 aliphatic rings. The Hall–Kier alpha value is -3.77. The molecule has 0 radical (unpaired) electrons. The van der Waals surface area contributed by atoms with Crippen LogP contribution in [0.15, 0.2) is 59.7 Å². The zero-order valence-electron chi connectivity index (χ0n) is 20.2. The Bertz CT molecular complexity index is 1340. The maximum atomic E-state index is 12.9. The van der Waals surface area contributed by atoms with Gasteiger partial charge in [-0.15, -0.1) is 10.2 Å². The first-order valence-corrected chi connectivity index (χ1v) is 12.6. The second-order valence-corrected chi connectivity index (χ2v) is 9.50. The Balaban J connectivity index is 1.52. The first kappa shape index (κ1) is 27.3. The Labute approximate surface area is 226 Å². The third-order valence-electron chi connectivity index (χ3n) is 5.44. The molecule has 1 unspecified atom stereocenters. The van der Waals surface area contributed by atoms with Crippen molar-refractivity contribution in [2.45, 2.75) is 31.8 Å². The number of methoxy groups -OCH3 is 1. The van der Waals surface area contributed by atoms with Crippen LogP contribution in [0.3, 0.4) is 0 Å². The molecule has 0 spiro atoms. The molecule has 0 fully saturated rings. The van der Waals surface area contributed by atoms with E-state index in [1.54, 1.807) is 30.3 Å². The molecule has 0 saturated carbocycles. The second-order valence-electron chi connectivity index (χ2n) is 7.96. The lowest BCUT2D eigenvalue weighted by atomic mass is 10.0. The summed E-state index contributed by atoms with van der Waals surface area (Å²) in [5.74, 6) is -0.401. The van der Waals surface area contributed by atoms with Crippen molar-refractivity contribution in [1.29, 1.82) is 0 Å². The summed E-state index contributed by atoms with van der Waals surface area (Å²) < 4.78 is 35.5. The Kier molecular flexibility index (Phi) is 8.74. The highest BCUT2D eigenvalue weighted by atomic mass is 35.5. The number of aromatic nitrogens is 2. The van der Waals surface area contributed by atoms with Crippen LogP contribution in [-0.4, -0.2) is 51.0 Å². The number of hydrogen-bond acceptors (Lipinski definition) is 8. The van der Waals surface area contributed by atoms with Gasteiger partial charge in [-0.3, -0.25) is 9.59 Å². The van der Waals surface area contributed by atoms with Crippen LogP contribution >= 0.6 is 23.4 Å². The highest BCUT2D eigenvalue weighted by molar-refractivity contribution is 8.14. The molecular formula is C25H22ClF2N5O4S. The van der Waals surface area contributed by atoms with E-state index in [0.29, 0.717) is 23.4 Å². The molecule has 2 heterocycles. The largest absolute Gasteiger partial charge is 0.493 e. The van der Waals surface area contributed by atoms with Crippen LogP contribution in [0, 0.1) is 0 Å². The standard InChI is InChI=1S/C25H22ClF2N5O4S/c1-3-20-22(15-6-10-18(36-2)19(12-15)37-24(27)28)32-33(25(35)38-20)13-14-4-7-16(8-5-14)29-23(34)17-9-11-21(26)31-30-17/h4-12,20,24H,3,13H2,1-2H3,(H,29,34). The van der Waals surface area contributed by atoms with E-state index in [0.717, 1.165) is 17.3 Å². The number of anilines is 1. The molecule has 13 heteroatoms. The number of hydrazone groups is 1. The normalized spacial score (nSPS) is 15.3. The minimum absolute atomic E-state index is 0.113. The van der Waals surface area contributed by atoms with Crippen LogP contribution in [0.25, 0.3) is 0 Å². The average molecular weight is 562 g/mol. The van der Waals surface area contributed by atoms with Gasteiger partial charge >= 0.3 is 11.9 Å². The molecule has 0 aliphatic carbocycles. The number of halogens is 3. The molecule has 2 aromatic carbocycles. The molecule has 4 rings (SSSR count). The molecule has 1 N–H and O–H groups in total. The molecule has 1 atom stereocenters. The monoisotopic (exact) mass is 561 g/mol. The number of carbonyl (C=O) groups is 2. The number of alkyl halides is 2. The van der Waals surface area contributed by atoms with Crippen LogP contribution in [0.4, 0.5) is 19.3 Å². The summed E-state index contributed by atoms with van der Waals surface area (Å²) in [6, 6.07) is 14.5. The Morgan fingerprint density at radius 3 is 2.53 bits per heavy atom. The highest BCUT2D eigenvalue weighted by Gasteiger charge is 2.31. The molecule has 9 nitrogen and oxygen atoms in total. The quantitative estimate of drug-likeness (QED) is 0.349. The fourth-order valence-corrected chi connectivity index (χ4v) is 4.65. The zero-order chi connectivity index (χ0) is 27.2. The average Bonchev–Trinajstić information content (AvgIpc) is 2.90. The molecule has 198 valence electrons. The van der Waals surface area contributed by atoms with Crippen molar-refractivity contribution in [3.8, 4) is 11.5 Å².